The van der Waals surface area contributed by atoms with Gasteiger partial charge in [0.15, 0.2) is 5.96 Å². The van der Waals surface area contributed by atoms with E-state index in [1.807, 2.05) is 18.2 Å². The largest absolute Gasteiger partial charge is 0.496 e. The van der Waals surface area contributed by atoms with E-state index in [0.29, 0.717) is 36.8 Å². The van der Waals surface area contributed by atoms with E-state index in [4.69, 9.17) is 31.8 Å². The van der Waals surface area contributed by atoms with Gasteiger partial charge in [-0.3, -0.25) is 4.99 Å². The molecule has 0 aromatic heterocycles. The molecule has 0 unspecified atom stereocenters. The summed E-state index contributed by atoms with van der Waals surface area (Å²) in [4.78, 5) is 4.72. The van der Waals surface area contributed by atoms with Gasteiger partial charge in [-0.2, -0.15) is 0 Å². The molecule has 0 spiro atoms. The van der Waals surface area contributed by atoms with E-state index in [-0.39, 0.29) is 5.41 Å². The molecule has 1 heterocycles. The molecule has 3 rings (SSSR count). The third kappa shape index (κ3) is 4.63. The summed E-state index contributed by atoms with van der Waals surface area (Å²) in [5.74, 6) is 1.40. The predicted molar refractivity (Wildman–Crippen MR) is 106 cm³/mol. The Labute approximate surface area is 161 Å². The molecule has 2 aliphatic rings. The number of hydrogen-bond donors (Lipinski definition) is 2. The van der Waals surface area contributed by atoms with Gasteiger partial charge < -0.3 is 20.5 Å². The molecule has 1 aliphatic heterocycles. The van der Waals surface area contributed by atoms with E-state index in [1.165, 1.54) is 32.1 Å². The maximum Gasteiger partial charge on any atom is 0.188 e. The van der Waals surface area contributed by atoms with Crippen LogP contribution in [0, 0.1) is 0 Å². The van der Waals surface area contributed by atoms with Crippen molar-refractivity contribution in [3.05, 3.63) is 28.8 Å². The van der Waals surface area contributed by atoms with Gasteiger partial charge in [-0.15, -0.1) is 0 Å². The van der Waals surface area contributed by atoms with Crippen LogP contribution in [0.4, 0.5) is 0 Å². The van der Waals surface area contributed by atoms with Gasteiger partial charge in [-0.05, 0) is 43.9 Å². The van der Waals surface area contributed by atoms with E-state index in [2.05, 4.69) is 5.32 Å². The molecule has 1 aromatic rings. The molecule has 2 fully saturated rings. The molecule has 5 nitrogen and oxygen atoms in total. The molecule has 26 heavy (non-hydrogen) atoms. The standard InChI is InChI=1S/C20H30ClN3O2/c1-25-18-8-7-15(21)13-17(18)20(9-11-26-12-10-20)14-23-19(22)24-16-5-3-2-4-6-16/h7-8,13,16H,2-6,9-12,14H2,1H3,(H3,22,23,24). The SMILES string of the molecule is COc1ccc(Cl)cc1C1(CN=C(N)NC2CCCCC2)CCOCC1. The molecule has 0 amide bonds. The molecule has 3 N–H and O–H groups in total. The van der Waals surface area contributed by atoms with Crippen molar-refractivity contribution < 1.29 is 9.47 Å². The van der Waals surface area contributed by atoms with E-state index in [0.717, 1.165) is 24.2 Å². The van der Waals surface area contributed by atoms with Crippen LogP contribution in [0.15, 0.2) is 23.2 Å². The van der Waals surface area contributed by atoms with Crippen molar-refractivity contribution in [3.8, 4) is 5.75 Å². The summed E-state index contributed by atoms with van der Waals surface area (Å²) in [6, 6.07) is 6.26. The Bertz CT molecular complexity index is 623. The molecule has 144 valence electrons. The smallest absolute Gasteiger partial charge is 0.188 e. The molecule has 1 saturated carbocycles. The number of nitrogens with two attached hydrogens (primary N) is 1. The van der Waals surface area contributed by atoms with E-state index in [9.17, 15) is 0 Å². The van der Waals surface area contributed by atoms with Crippen molar-refractivity contribution in [1.82, 2.24) is 5.32 Å². The van der Waals surface area contributed by atoms with Crippen molar-refractivity contribution in [2.24, 2.45) is 10.7 Å². The summed E-state index contributed by atoms with van der Waals surface area (Å²) >= 11 is 6.29. The van der Waals surface area contributed by atoms with E-state index < -0.39 is 0 Å². The zero-order valence-corrected chi connectivity index (χ0v) is 16.4. The summed E-state index contributed by atoms with van der Waals surface area (Å²) in [5, 5.41) is 4.12. The zero-order chi connectivity index (χ0) is 18.4. The van der Waals surface area contributed by atoms with Crippen molar-refractivity contribution in [3.63, 3.8) is 0 Å². The lowest BCUT2D eigenvalue weighted by atomic mass is 9.73. The van der Waals surface area contributed by atoms with Crippen molar-refractivity contribution >= 4 is 17.6 Å². The van der Waals surface area contributed by atoms with Gasteiger partial charge in [0.05, 0.1) is 13.7 Å². The molecule has 1 saturated heterocycles. The quantitative estimate of drug-likeness (QED) is 0.605. The zero-order valence-electron chi connectivity index (χ0n) is 15.6. The van der Waals surface area contributed by atoms with Crippen molar-refractivity contribution in [2.75, 3.05) is 26.9 Å². The number of rotatable bonds is 5. The van der Waals surface area contributed by atoms with Crippen molar-refractivity contribution in [1.29, 1.82) is 0 Å². The average Bonchev–Trinajstić information content (AvgIpc) is 2.68. The lowest BCUT2D eigenvalue weighted by Gasteiger charge is -2.37. The number of halogens is 1. The number of nitrogens with zero attached hydrogens (tertiary/aromatic N) is 1. The Hall–Kier alpha value is -1.46. The first-order valence-corrected chi connectivity index (χ1v) is 9.99. The number of methoxy groups -OCH3 is 1. The van der Waals surface area contributed by atoms with Gasteiger partial charge in [0.2, 0.25) is 0 Å². The highest BCUT2D eigenvalue weighted by Gasteiger charge is 2.37. The predicted octanol–water partition coefficient (Wildman–Crippen LogP) is 3.63. The van der Waals surface area contributed by atoms with Crippen LogP contribution in [0.1, 0.15) is 50.5 Å². The fourth-order valence-corrected chi connectivity index (χ4v) is 4.28. The number of benzene rings is 1. The first-order chi connectivity index (χ1) is 12.6. The van der Waals surface area contributed by atoms with Gasteiger partial charge in [0.25, 0.3) is 0 Å². The first-order valence-electron chi connectivity index (χ1n) is 9.61. The van der Waals surface area contributed by atoms with Gasteiger partial charge in [-0.1, -0.05) is 30.9 Å². The number of guanidine groups is 1. The Morgan fingerprint density at radius 1 is 1.31 bits per heavy atom. The highest BCUT2D eigenvalue weighted by atomic mass is 35.5. The Balaban J connectivity index is 1.79. The topological polar surface area (TPSA) is 68.9 Å². The number of aliphatic imine (C=N–C) groups is 1. The second-order valence-corrected chi connectivity index (χ2v) is 7.85. The fraction of sp³-hybridized carbons (Fsp3) is 0.650. The number of nitrogens with one attached hydrogen (secondary N) is 1. The van der Waals surface area contributed by atoms with Crippen LogP contribution in [-0.4, -0.2) is 38.9 Å². The second-order valence-electron chi connectivity index (χ2n) is 7.42. The molecule has 6 heteroatoms. The van der Waals surface area contributed by atoms with Crippen LogP contribution in [0.25, 0.3) is 0 Å². The van der Waals surface area contributed by atoms with Crippen LogP contribution >= 0.6 is 11.6 Å². The highest BCUT2D eigenvalue weighted by molar-refractivity contribution is 6.30. The monoisotopic (exact) mass is 379 g/mol. The fourth-order valence-electron chi connectivity index (χ4n) is 4.11. The number of hydrogen-bond acceptors (Lipinski definition) is 3. The van der Waals surface area contributed by atoms with Crippen LogP contribution in [0.3, 0.4) is 0 Å². The lowest BCUT2D eigenvalue weighted by molar-refractivity contribution is 0.0523. The number of ether oxygens (including phenoxy) is 2. The highest BCUT2D eigenvalue weighted by Crippen LogP contribution is 2.41. The van der Waals surface area contributed by atoms with Crippen LogP contribution in [0.2, 0.25) is 5.02 Å². The van der Waals surface area contributed by atoms with Gasteiger partial charge >= 0.3 is 0 Å². The average molecular weight is 380 g/mol. The van der Waals surface area contributed by atoms with E-state index >= 15 is 0 Å². The minimum absolute atomic E-state index is 0.159. The molecule has 1 aromatic carbocycles. The van der Waals surface area contributed by atoms with Gasteiger partial charge in [-0.25, -0.2) is 0 Å². The first kappa shape index (κ1) is 19.3. The van der Waals surface area contributed by atoms with Gasteiger partial charge in [0, 0.05) is 35.3 Å². The Kier molecular flexibility index (Phi) is 6.65. The molecule has 0 radical (unpaired) electrons. The molecule has 0 atom stereocenters. The maximum absolute atomic E-state index is 6.29. The van der Waals surface area contributed by atoms with E-state index in [1.54, 1.807) is 7.11 Å². The Morgan fingerprint density at radius 2 is 2.04 bits per heavy atom. The summed E-state index contributed by atoms with van der Waals surface area (Å²) in [5.41, 5.74) is 7.15. The summed E-state index contributed by atoms with van der Waals surface area (Å²) < 4.78 is 11.2. The molecular formula is C20H30ClN3O2. The Morgan fingerprint density at radius 3 is 2.73 bits per heavy atom. The molecule has 0 bridgehead atoms. The summed E-state index contributed by atoms with van der Waals surface area (Å²) in [6.45, 7) is 2.03. The second kappa shape index (κ2) is 8.96. The van der Waals surface area contributed by atoms with Crippen LogP contribution in [-0.2, 0) is 10.2 Å². The van der Waals surface area contributed by atoms with Gasteiger partial charge in [0.1, 0.15) is 5.75 Å². The minimum atomic E-state index is -0.159. The summed E-state index contributed by atoms with van der Waals surface area (Å²) in [7, 11) is 1.70. The molecular weight excluding hydrogens is 350 g/mol. The third-order valence-electron chi connectivity index (χ3n) is 5.69. The van der Waals surface area contributed by atoms with Crippen molar-refractivity contribution in [2.45, 2.75) is 56.4 Å². The normalized spacial score (nSPS) is 21.4. The summed E-state index contributed by atoms with van der Waals surface area (Å²) in [6.07, 6.45) is 7.98. The molecule has 1 aliphatic carbocycles. The third-order valence-corrected chi connectivity index (χ3v) is 5.93. The van der Waals surface area contributed by atoms with Crippen LogP contribution < -0.4 is 15.8 Å². The maximum atomic E-state index is 6.29. The van der Waals surface area contributed by atoms with Crippen LogP contribution in [0.5, 0.6) is 5.75 Å². The lowest BCUT2D eigenvalue weighted by Crippen LogP contribution is -2.43. The minimum Gasteiger partial charge on any atom is -0.496 e.